The molecule has 1 aromatic heterocycles. The lowest BCUT2D eigenvalue weighted by Gasteiger charge is -2.08. The van der Waals surface area contributed by atoms with Crippen LogP contribution in [-0.4, -0.2) is 11.7 Å². The number of hydrogen-bond donors (Lipinski definition) is 1. The number of aliphatic imine (C=N–C) groups is 1. The number of anilines is 1. The molecule has 0 aliphatic heterocycles. The molecule has 32 heavy (non-hydrogen) atoms. The Balaban J connectivity index is 0. The van der Waals surface area contributed by atoms with E-state index in [1.807, 2.05) is 71.9 Å². The lowest BCUT2D eigenvalue weighted by Crippen LogP contribution is -1.99. The molecule has 2 aromatic rings. The van der Waals surface area contributed by atoms with E-state index >= 15 is 0 Å². The highest BCUT2D eigenvalue weighted by Crippen LogP contribution is 2.14. The smallest absolute Gasteiger partial charge is 0.126 e. The van der Waals surface area contributed by atoms with Crippen molar-refractivity contribution in [1.82, 2.24) is 4.98 Å². The van der Waals surface area contributed by atoms with Crippen molar-refractivity contribution in [1.29, 1.82) is 0 Å². The van der Waals surface area contributed by atoms with E-state index in [9.17, 15) is 4.39 Å². The van der Waals surface area contributed by atoms with Crippen molar-refractivity contribution in [2.45, 2.75) is 54.4 Å². The molecule has 4 heteroatoms. The summed E-state index contributed by atoms with van der Waals surface area (Å²) in [5, 5.41) is 3.16. The molecule has 0 amide bonds. The average molecular weight is 438 g/mol. The van der Waals surface area contributed by atoms with Crippen molar-refractivity contribution in [3.8, 4) is 0 Å². The summed E-state index contributed by atoms with van der Waals surface area (Å²) in [5.74, 6) is -0.189. The second-order valence-corrected chi connectivity index (χ2v) is 6.56. The van der Waals surface area contributed by atoms with Gasteiger partial charge < -0.3 is 5.32 Å². The quantitative estimate of drug-likeness (QED) is 0.268. The summed E-state index contributed by atoms with van der Waals surface area (Å²) in [5.41, 5.74) is 4.63. The second kappa shape index (κ2) is 21.0. The molecule has 0 saturated heterocycles. The zero-order chi connectivity index (χ0) is 24.8. The van der Waals surface area contributed by atoms with Crippen LogP contribution < -0.4 is 5.32 Å². The van der Waals surface area contributed by atoms with E-state index in [1.165, 1.54) is 11.6 Å². The minimum atomic E-state index is -0.189. The molecule has 0 aliphatic carbocycles. The molecule has 0 unspecified atom stereocenters. The predicted molar refractivity (Wildman–Crippen MR) is 142 cm³/mol. The van der Waals surface area contributed by atoms with E-state index < -0.39 is 0 Å². The molecular formula is C28H40FN3. The van der Waals surface area contributed by atoms with Crippen LogP contribution in [0.15, 0.2) is 96.4 Å². The molecule has 0 fully saturated rings. The highest BCUT2D eigenvalue weighted by atomic mass is 19.1. The summed E-state index contributed by atoms with van der Waals surface area (Å²) in [4.78, 5) is 7.86. The molecule has 1 heterocycles. The number of rotatable bonds is 7. The highest BCUT2D eigenvalue weighted by Gasteiger charge is 2.03. The summed E-state index contributed by atoms with van der Waals surface area (Å²) < 4.78 is 13.5. The van der Waals surface area contributed by atoms with Crippen LogP contribution in [0.1, 0.15) is 59.2 Å². The number of hydrogen-bond acceptors (Lipinski definition) is 3. The lowest BCUT2D eigenvalue weighted by atomic mass is 10.1. The molecule has 2 rings (SSSR count). The maximum absolute atomic E-state index is 13.5. The van der Waals surface area contributed by atoms with Gasteiger partial charge in [0.2, 0.25) is 0 Å². The molecular weight excluding hydrogens is 397 g/mol. The van der Waals surface area contributed by atoms with Crippen molar-refractivity contribution in [3.63, 3.8) is 0 Å². The number of nitrogens with zero attached hydrogens (tertiary/aromatic N) is 2. The van der Waals surface area contributed by atoms with Crippen LogP contribution in [-0.2, 0) is 6.42 Å². The van der Waals surface area contributed by atoms with Crippen molar-refractivity contribution in [3.05, 3.63) is 109 Å². The number of halogens is 1. The molecule has 174 valence electrons. The second-order valence-electron chi connectivity index (χ2n) is 6.56. The molecule has 3 nitrogen and oxygen atoms in total. The van der Waals surface area contributed by atoms with Gasteiger partial charge in [0.05, 0.1) is 11.9 Å². The van der Waals surface area contributed by atoms with Crippen molar-refractivity contribution in [2.75, 3.05) is 5.32 Å². The van der Waals surface area contributed by atoms with Gasteiger partial charge in [-0.05, 0) is 63.7 Å². The summed E-state index contributed by atoms with van der Waals surface area (Å²) in [6.07, 6.45) is 10.4. The third kappa shape index (κ3) is 16.5. The van der Waals surface area contributed by atoms with Crippen molar-refractivity contribution in [2.24, 2.45) is 4.99 Å². The van der Waals surface area contributed by atoms with E-state index in [0.29, 0.717) is 12.0 Å². The molecule has 1 aromatic carbocycles. The maximum Gasteiger partial charge on any atom is 0.126 e. The number of pyridine rings is 1. The Kier molecular flexibility index (Phi) is 20.3. The largest absolute Gasteiger partial charge is 0.358 e. The fourth-order valence-corrected chi connectivity index (χ4v) is 2.03. The lowest BCUT2D eigenvalue weighted by molar-refractivity contribution is 0.613. The van der Waals surface area contributed by atoms with Gasteiger partial charge in [-0.3, -0.25) is 9.98 Å². The summed E-state index contributed by atoms with van der Waals surface area (Å²) in [6.45, 7) is 22.5. The minimum absolute atomic E-state index is 0.189. The van der Waals surface area contributed by atoms with Crippen LogP contribution in [0.5, 0.6) is 0 Å². The first-order valence-corrected chi connectivity index (χ1v) is 10.8. The van der Waals surface area contributed by atoms with Crippen LogP contribution in [0.4, 0.5) is 10.1 Å². The fourth-order valence-electron chi connectivity index (χ4n) is 2.03. The highest BCUT2D eigenvalue weighted by molar-refractivity contribution is 5.46. The van der Waals surface area contributed by atoms with E-state index in [2.05, 4.69) is 35.2 Å². The number of nitrogens with one attached hydrogen (secondary N) is 1. The van der Waals surface area contributed by atoms with Gasteiger partial charge in [-0.15, -0.1) is 6.58 Å². The first kappa shape index (κ1) is 30.9. The summed E-state index contributed by atoms with van der Waals surface area (Å²) in [6, 6.07) is 10.6. The maximum atomic E-state index is 13.5. The van der Waals surface area contributed by atoms with Gasteiger partial charge >= 0.3 is 0 Å². The third-order valence-electron chi connectivity index (χ3n) is 3.52. The minimum Gasteiger partial charge on any atom is -0.358 e. The molecule has 0 spiro atoms. The van der Waals surface area contributed by atoms with E-state index in [4.69, 9.17) is 0 Å². The van der Waals surface area contributed by atoms with Crippen molar-refractivity contribution >= 4 is 12.4 Å². The van der Waals surface area contributed by atoms with Gasteiger partial charge in [0.25, 0.3) is 0 Å². The van der Waals surface area contributed by atoms with Gasteiger partial charge in [0.15, 0.2) is 0 Å². The van der Waals surface area contributed by atoms with E-state index in [0.717, 1.165) is 23.5 Å². The Morgan fingerprint density at radius 3 is 2.25 bits per heavy atom. The Bertz CT molecular complexity index is 830. The Morgan fingerprint density at radius 1 is 1.16 bits per heavy atom. The predicted octanol–water partition coefficient (Wildman–Crippen LogP) is 8.53. The molecule has 0 saturated carbocycles. The zero-order valence-electron chi connectivity index (χ0n) is 20.7. The van der Waals surface area contributed by atoms with Gasteiger partial charge in [-0.25, -0.2) is 4.39 Å². The number of allylic oxidation sites excluding steroid dienone is 5. The number of benzene rings is 1. The zero-order valence-corrected chi connectivity index (χ0v) is 20.7. The average Bonchev–Trinajstić information content (AvgIpc) is 2.79. The normalized spacial score (nSPS) is 8.97. The van der Waals surface area contributed by atoms with Gasteiger partial charge in [-0.2, -0.15) is 0 Å². The first-order valence-electron chi connectivity index (χ1n) is 10.8. The number of aromatic nitrogens is 1. The van der Waals surface area contributed by atoms with Crippen LogP contribution in [0, 0.1) is 5.82 Å². The summed E-state index contributed by atoms with van der Waals surface area (Å²) in [7, 11) is 0. The Hall–Kier alpha value is -3.27. The van der Waals surface area contributed by atoms with Crippen molar-refractivity contribution < 1.29 is 4.39 Å². The SMILES string of the molecule is C=C(CC)Nc1ccc(Cc2ccccc2F)nc1.C=CC.C=N/C=C\C=C(C)C.CC. The molecule has 1 N–H and O–H groups in total. The van der Waals surface area contributed by atoms with Crippen LogP contribution in [0.2, 0.25) is 0 Å². The van der Waals surface area contributed by atoms with Gasteiger partial charge in [-0.1, -0.05) is 63.3 Å². The standard InChI is InChI=1S/C16H17FN2.C7H11N.C3H6.C2H6/c1-3-12(2)19-15-9-8-14(18-11-15)10-13-6-4-5-7-16(13)17;1-7(2)5-4-6-8-3;1-3-2;1-2/h4-9,11,19H,2-3,10H2,1H3;4-6H,3H2,1-2H3;3H,1H2,2H3;1-2H3/b;6-4-;;. The van der Waals surface area contributed by atoms with Gasteiger partial charge in [0, 0.05) is 24.0 Å². The fraction of sp³-hybridized carbons (Fsp3) is 0.286. The van der Waals surface area contributed by atoms with E-state index in [-0.39, 0.29) is 5.82 Å². The third-order valence-corrected chi connectivity index (χ3v) is 3.52. The first-order chi connectivity index (χ1) is 15.4. The Labute approximate surface area is 195 Å². The summed E-state index contributed by atoms with van der Waals surface area (Å²) >= 11 is 0. The molecule has 0 bridgehead atoms. The van der Waals surface area contributed by atoms with Crippen LogP contribution in [0.25, 0.3) is 0 Å². The molecule has 0 radical (unpaired) electrons. The monoisotopic (exact) mass is 437 g/mol. The van der Waals surface area contributed by atoms with E-state index in [1.54, 1.807) is 30.6 Å². The Morgan fingerprint density at radius 2 is 1.78 bits per heavy atom. The van der Waals surface area contributed by atoms with Crippen LogP contribution >= 0.6 is 0 Å². The van der Waals surface area contributed by atoms with Gasteiger partial charge in [0.1, 0.15) is 5.82 Å². The molecule has 0 aliphatic rings. The molecule has 0 atom stereocenters. The van der Waals surface area contributed by atoms with Crippen LogP contribution in [0.3, 0.4) is 0 Å². The topological polar surface area (TPSA) is 37.3 Å².